The second-order valence-corrected chi connectivity index (χ2v) is 10.8. The van der Waals surface area contributed by atoms with Crippen molar-refractivity contribution in [3.05, 3.63) is 60.2 Å². The van der Waals surface area contributed by atoms with E-state index in [1.807, 2.05) is 19.1 Å². The summed E-state index contributed by atoms with van der Waals surface area (Å²) in [4.78, 5) is 28.4. The zero-order valence-electron chi connectivity index (χ0n) is 20.6. The molecular weight excluding hydrogens is 466 g/mol. The van der Waals surface area contributed by atoms with Gasteiger partial charge >= 0.3 is 0 Å². The molecule has 1 saturated carbocycles. The molecule has 9 heteroatoms. The molecule has 1 atom stereocenters. The van der Waals surface area contributed by atoms with Crippen molar-refractivity contribution in [2.45, 2.75) is 57.7 Å². The molecule has 0 spiro atoms. The smallest absolute Gasteiger partial charge is 0.244 e. The molecule has 1 aliphatic carbocycles. The highest BCUT2D eigenvalue weighted by molar-refractivity contribution is 7.92. The van der Waals surface area contributed by atoms with Gasteiger partial charge < -0.3 is 15.0 Å². The van der Waals surface area contributed by atoms with E-state index in [2.05, 4.69) is 5.32 Å². The number of sulfonamides is 1. The standard InChI is InChI=1S/C26H35N3O5S/c1-4-24(26(31)27-21-10-8-9-11-21)28(18-20-14-16-23(34-2)17-15-20)25(30)19-29(35(3,32)33)22-12-6-5-7-13-22/h5-7,12-17,21,24H,4,8-11,18-19H2,1-3H3,(H,27,31). The Labute approximate surface area is 208 Å². The van der Waals surface area contributed by atoms with E-state index >= 15 is 0 Å². The molecule has 0 aliphatic heterocycles. The van der Waals surface area contributed by atoms with Crippen molar-refractivity contribution in [3.8, 4) is 5.75 Å². The molecular formula is C26H35N3O5S. The maximum atomic E-state index is 13.7. The number of hydrogen-bond acceptors (Lipinski definition) is 5. The molecule has 0 saturated heterocycles. The molecule has 1 fully saturated rings. The Hall–Kier alpha value is -3.07. The van der Waals surface area contributed by atoms with Crippen LogP contribution in [0.1, 0.15) is 44.6 Å². The topological polar surface area (TPSA) is 96.0 Å². The number of methoxy groups -OCH3 is 1. The first-order valence-electron chi connectivity index (χ1n) is 12.0. The number of ether oxygens (including phenoxy) is 1. The Balaban J connectivity index is 1.89. The zero-order chi connectivity index (χ0) is 25.4. The lowest BCUT2D eigenvalue weighted by Gasteiger charge is -2.33. The van der Waals surface area contributed by atoms with Gasteiger partial charge in [0.25, 0.3) is 0 Å². The van der Waals surface area contributed by atoms with E-state index in [-0.39, 0.29) is 18.5 Å². The van der Waals surface area contributed by atoms with E-state index < -0.39 is 28.5 Å². The summed E-state index contributed by atoms with van der Waals surface area (Å²) in [6.45, 7) is 1.64. The van der Waals surface area contributed by atoms with Crippen LogP contribution >= 0.6 is 0 Å². The lowest BCUT2D eigenvalue weighted by molar-refractivity contribution is -0.140. The minimum atomic E-state index is -3.73. The third-order valence-corrected chi connectivity index (χ3v) is 7.46. The molecule has 1 unspecified atom stereocenters. The summed E-state index contributed by atoms with van der Waals surface area (Å²) in [6, 6.07) is 15.2. The van der Waals surface area contributed by atoms with E-state index in [4.69, 9.17) is 4.74 Å². The van der Waals surface area contributed by atoms with E-state index in [0.29, 0.717) is 17.9 Å². The average Bonchev–Trinajstić information content (AvgIpc) is 3.35. The lowest BCUT2D eigenvalue weighted by Crippen LogP contribution is -2.53. The van der Waals surface area contributed by atoms with Gasteiger partial charge in [0.2, 0.25) is 21.8 Å². The summed E-state index contributed by atoms with van der Waals surface area (Å²) in [5, 5.41) is 3.10. The number of para-hydroxylation sites is 1. The van der Waals surface area contributed by atoms with Crippen molar-refractivity contribution in [1.29, 1.82) is 0 Å². The summed E-state index contributed by atoms with van der Waals surface area (Å²) in [5.41, 5.74) is 1.22. The van der Waals surface area contributed by atoms with Crippen molar-refractivity contribution in [3.63, 3.8) is 0 Å². The summed E-state index contributed by atoms with van der Waals surface area (Å²) in [6.07, 6.45) is 5.51. The number of carbonyl (C=O) groups is 2. The van der Waals surface area contributed by atoms with Crippen LogP contribution in [0.3, 0.4) is 0 Å². The molecule has 8 nitrogen and oxygen atoms in total. The van der Waals surface area contributed by atoms with Crippen LogP contribution in [0, 0.1) is 0 Å². The van der Waals surface area contributed by atoms with Gasteiger partial charge in [0.15, 0.2) is 0 Å². The van der Waals surface area contributed by atoms with E-state index in [1.54, 1.807) is 49.6 Å². The van der Waals surface area contributed by atoms with Crippen LogP contribution in [-0.4, -0.2) is 57.1 Å². The van der Waals surface area contributed by atoms with Crippen molar-refractivity contribution in [2.75, 3.05) is 24.2 Å². The maximum absolute atomic E-state index is 13.7. The molecule has 1 aliphatic rings. The van der Waals surface area contributed by atoms with Gasteiger partial charge in [-0.3, -0.25) is 13.9 Å². The number of nitrogens with zero attached hydrogens (tertiary/aromatic N) is 2. The zero-order valence-corrected chi connectivity index (χ0v) is 21.5. The van der Waals surface area contributed by atoms with Crippen LogP contribution in [0.4, 0.5) is 5.69 Å². The largest absolute Gasteiger partial charge is 0.497 e. The van der Waals surface area contributed by atoms with Crippen molar-refractivity contribution < 1.29 is 22.7 Å². The Morgan fingerprint density at radius 2 is 1.69 bits per heavy atom. The minimum absolute atomic E-state index is 0.117. The van der Waals surface area contributed by atoms with E-state index in [1.165, 1.54) is 4.90 Å². The average molecular weight is 502 g/mol. The third-order valence-electron chi connectivity index (χ3n) is 6.32. The van der Waals surface area contributed by atoms with Crippen LogP contribution in [0.25, 0.3) is 0 Å². The monoisotopic (exact) mass is 501 g/mol. The van der Waals surface area contributed by atoms with Crippen molar-refractivity contribution in [2.24, 2.45) is 0 Å². The fraction of sp³-hybridized carbons (Fsp3) is 0.462. The molecule has 0 aromatic heterocycles. The predicted octanol–water partition coefficient (Wildman–Crippen LogP) is 3.33. The van der Waals surface area contributed by atoms with Gasteiger partial charge in [-0.1, -0.05) is 50.1 Å². The number of rotatable bonds is 11. The van der Waals surface area contributed by atoms with Crippen molar-refractivity contribution in [1.82, 2.24) is 10.2 Å². The van der Waals surface area contributed by atoms with Crippen LogP contribution in [0.2, 0.25) is 0 Å². The first-order chi connectivity index (χ1) is 16.7. The van der Waals surface area contributed by atoms with Crippen molar-refractivity contribution >= 4 is 27.5 Å². The van der Waals surface area contributed by atoms with Crippen LogP contribution in [-0.2, 0) is 26.2 Å². The van der Waals surface area contributed by atoms with Gasteiger partial charge in [0.05, 0.1) is 19.1 Å². The number of hydrogen-bond donors (Lipinski definition) is 1. The fourth-order valence-electron chi connectivity index (χ4n) is 4.42. The Bertz CT molecular complexity index is 1080. The van der Waals surface area contributed by atoms with Crippen LogP contribution in [0.15, 0.2) is 54.6 Å². The third kappa shape index (κ3) is 7.21. The maximum Gasteiger partial charge on any atom is 0.244 e. The Kier molecular flexibility index (Phi) is 9.14. The highest BCUT2D eigenvalue weighted by Gasteiger charge is 2.32. The number of nitrogens with one attached hydrogen (secondary N) is 1. The Morgan fingerprint density at radius 1 is 1.06 bits per heavy atom. The molecule has 0 bridgehead atoms. The molecule has 2 aromatic rings. The fourth-order valence-corrected chi connectivity index (χ4v) is 5.27. The predicted molar refractivity (Wildman–Crippen MR) is 137 cm³/mol. The molecule has 0 radical (unpaired) electrons. The molecule has 190 valence electrons. The van der Waals surface area contributed by atoms with Gasteiger partial charge in [0, 0.05) is 12.6 Å². The number of anilines is 1. The molecule has 3 rings (SSSR count). The van der Waals surface area contributed by atoms with Crippen LogP contribution in [0.5, 0.6) is 5.75 Å². The molecule has 0 heterocycles. The Morgan fingerprint density at radius 3 is 2.23 bits per heavy atom. The second kappa shape index (κ2) is 12.1. The number of amides is 2. The number of carbonyl (C=O) groups excluding carboxylic acids is 2. The van der Waals surface area contributed by atoms with Gasteiger partial charge in [-0.25, -0.2) is 8.42 Å². The van der Waals surface area contributed by atoms with Gasteiger partial charge in [-0.05, 0) is 49.1 Å². The quantitative estimate of drug-likeness (QED) is 0.510. The van der Waals surface area contributed by atoms with Gasteiger partial charge in [-0.2, -0.15) is 0 Å². The minimum Gasteiger partial charge on any atom is -0.497 e. The van der Waals surface area contributed by atoms with Gasteiger partial charge in [-0.15, -0.1) is 0 Å². The lowest BCUT2D eigenvalue weighted by atomic mass is 10.1. The summed E-state index contributed by atoms with van der Waals surface area (Å²) in [7, 11) is -2.15. The first-order valence-corrected chi connectivity index (χ1v) is 13.8. The number of benzene rings is 2. The normalized spacial score (nSPS) is 14.8. The molecule has 35 heavy (non-hydrogen) atoms. The summed E-state index contributed by atoms with van der Waals surface area (Å²) < 4.78 is 31.5. The van der Waals surface area contributed by atoms with E-state index in [0.717, 1.165) is 41.8 Å². The summed E-state index contributed by atoms with van der Waals surface area (Å²) in [5.74, 6) is 0.0420. The SMILES string of the molecule is CCC(C(=O)NC1CCCC1)N(Cc1ccc(OC)cc1)C(=O)CN(c1ccccc1)S(C)(=O)=O. The van der Waals surface area contributed by atoms with Crippen LogP contribution < -0.4 is 14.4 Å². The molecule has 2 amide bonds. The molecule has 2 aromatic carbocycles. The van der Waals surface area contributed by atoms with E-state index in [9.17, 15) is 18.0 Å². The molecule has 1 N–H and O–H groups in total. The highest BCUT2D eigenvalue weighted by atomic mass is 32.2. The summed E-state index contributed by atoms with van der Waals surface area (Å²) >= 11 is 0. The van der Waals surface area contributed by atoms with Gasteiger partial charge in [0.1, 0.15) is 18.3 Å². The second-order valence-electron chi connectivity index (χ2n) is 8.89. The highest BCUT2D eigenvalue weighted by Crippen LogP contribution is 2.22. The first kappa shape index (κ1) is 26.5.